The summed E-state index contributed by atoms with van der Waals surface area (Å²) < 4.78 is 30.6. The van der Waals surface area contributed by atoms with Crippen molar-refractivity contribution in [2.45, 2.75) is 4.90 Å². The number of hydrogen-bond acceptors (Lipinski definition) is 4. The summed E-state index contributed by atoms with van der Waals surface area (Å²) in [5.41, 5.74) is 2.16. The van der Waals surface area contributed by atoms with Crippen molar-refractivity contribution in [2.75, 3.05) is 10.0 Å². The molecule has 0 saturated carbocycles. The van der Waals surface area contributed by atoms with E-state index in [0.29, 0.717) is 11.4 Å². The van der Waals surface area contributed by atoms with Crippen LogP contribution >= 0.6 is 15.9 Å². The summed E-state index contributed by atoms with van der Waals surface area (Å²) in [7, 11) is -3.84. The van der Waals surface area contributed by atoms with Gasteiger partial charge in [0.1, 0.15) is 0 Å². The predicted molar refractivity (Wildman–Crippen MR) is 123 cm³/mol. The molecule has 1 aromatic heterocycles. The number of carbonyl (C=O) groups excluding carboxylic acids is 1. The van der Waals surface area contributed by atoms with Crippen LogP contribution in [0.15, 0.2) is 101 Å². The Balaban J connectivity index is 1.49. The molecule has 0 fully saturated rings. The van der Waals surface area contributed by atoms with E-state index in [0.717, 1.165) is 10.2 Å². The highest BCUT2D eigenvalue weighted by molar-refractivity contribution is 9.10. The molecule has 7 nitrogen and oxygen atoms in total. The fraction of sp³-hybridized carbons (Fsp3) is 0. The molecule has 2 N–H and O–H groups in total. The Bertz CT molecular complexity index is 1300. The molecule has 9 heteroatoms. The van der Waals surface area contributed by atoms with E-state index in [2.05, 4.69) is 31.0 Å². The first-order chi connectivity index (χ1) is 14.9. The number of carbonyl (C=O) groups is 1. The number of sulfonamides is 1. The molecule has 0 aliphatic heterocycles. The summed E-state index contributed by atoms with van der Waals surface area (Å²) in [5.74, 6) is -0.406. The summed E-state index contributed by atoms with van der Waals surface area (Å²) >= 11 is 3.31. The van der Waals surface area contributed by atoms with Crippen LogP contribution in [0, 0.1) is 0 Å². The zero-order valence-corrected chi connectivity index (χ0v) is 18.5. The van der Waals surface area contributed by atoms with Crippen LogP contribution in [0.3, 0.4) is 0 Å². The molecular weight excluding hydrogens is 480 g/mol. The van der Waals surface area contributed by atoms with Crippen LogP contribution in [-0.4, -0.2) is 23.9 Å². The van der Waals surface area contributed by atoms with Crippen molar-refractivity contribution in [3.8, 4) is 5.69 Å². The minimum Gasteiger partial charge on any atom is -0.322 e. The lowest BCUT2D eigenvalue weighted by Crippen LogP contribution is -2.16. The molecule has 4 rings (SSSR count). The van der Waals surface area contributed by atoms with Crippen molar-refractivity contribution < 1.29 is 13.2 Å². The average molecular weight is 497 g/mol. The van der Waals surface area contributed by atoms with Gasteiger partial charge >= 0.3 is 0 Å². The third-order valence-electron chi connectivity index (χ3n) is 4.43. The number of imidazole rings is 1. The highest BCUT2D eigenvalue weighted by Gasteiger charge is 2.17. The van der Waals surface area contributed by atoms with Gasteiger partial charge in [0.2, 0.25) is 0 Å². The average Bonchev–Trinajstić information content (AvgIpc) is 3.31. The Morgan fingerprint density at radius 3 is 2.32 bits per heavy atom. The van der Waals surface area contributed by atoms with Gasteiger partial charge in [-0.1, -0.05) is 22.0 Å². The van der Waals surface area contributed by atoms with E-state index >= 15 is 0 Å². The number of aromatic nitrogens is 2. The van der Waals surface area contributed by atoms with Gasteiger partial charge in [-0.15, -0.1) is 0 Å². The molecule has 0 atom stereocenters. The number of benzene rings is 3. The van der Waals surface area contributed by atoms with E-state index in [1.54, 1.807) is 55.0 Å². The van der Waals surface area contributed by atoms with Crippen molar-refractivity contribution in [3.63, 3.8) is 0 Å². The van der Waals surface area contributed by atoms with Gasteiger partial charge in [-0.25, -0.2) is 13.4 Å². The summed E-state index contributed by atoms with van der Waals surface area (Å²) in [4.78, 5) is 16.7. The first-order valence-electron chi connectivity index (χ1n) is 9.19. The molecule has 1 heterocycles. The monoisotopic (exact) mass is 496 g/mol. The Labute approximate surface area is 187 Å². The lowest BCUT2D eigenvalue weighted by Gasteiger charge is -2.10. The van der Waals surface area contributed by atoms with Crippen LogP contribution < -0.4 is 10.0 Å². The molecule has 0 bridgehead atoms. The summed E-state index contributed by atoms with van der Waals surface area (Å²) in [5, 5.41) is 2.78. The van der Waals surface area contributed by atoms with Gasteiger partial charge in [-0.05, 0) is 66.7 Å². The van der Waals surface area contributed by atoms with E-state index in [1.165, 1.54) is 18.2 Å². The van der Waals surface area contributed by atoms with Crippen LogP contribution in [-0.2, 0) is 10.0 Å². The molecule has 0 aliphatic rings. The minimum atomic E-state index is -3.84. The van der Waals surface area contributed by atoms with E-state index in [4.69, 9.17) is 0 Å². The first kappa shape index (κ1) is 20.8. The van der Waals surface area contributed by atoms with Crippen molar-refractivity contribution in [3.05, 3.63) is 102 Å². The van der Waals surface area contributed by atoms with Gasteiger partial charge in [0.15, 0.2) is 0 Å². The third kappa shape index (κ3) is 5.01. The quantitative estimate of drug-likeness (QED) is 0.404. The van der Waals surface area contributed by atoms with E-state index in [9.17, 15) is 13.2 Å². The number of nitrogens with zero attached hydrogens (tertiary/aromatic N) is 2. The fourth-order valence-electron chi connectivity index (χ4n) is 2.87. The molecule has 3 aromatic carbocycles. The number of anilines is 2. The second-order valence-corrected chi connectivity index (χ2v) is 9.21. The molecule has 0 radical (unpaired) electrons. The second-order valence-electron chi connectivity index (χ2n) is 6.61. The second kappa shape index (κ2) is 8.75. The Morgan fingerprint density at radius 1 is 0.935 bits per heavy atom. The molecule has 0 unspecified atom stereocenters. The maximum absolute atomic E-state index is 12.7. The van der Waals surface area contributed by atoms with Crippen molar-refractivity contribution in [1.82, 2.24) is 9.55 Å². The Kier molecular flexibility index (Phi) is 5.88. The number of halogens is 1. The van der Waals surface area contributed by atoms with Crippen LogP contribution in [0.2, 0.25) is 0 Å². The molecule has 156 valence electrons. The fourth-order valence-corrected chi connectivity index (χ4v) is 4.24. The maximum atomic E-state index is 12.7. The summed E-state index contributed by atoms with van der Waals surface area (Å²) in [6, 6.07) is 19.9. The smallest absolute Gasteiger partial charge is 0.261 e. The predicted octanol–water partition coefficient (Wildman–Crippen LogP) is 4.69. The number of rotatable bonds is 6. The topological polar surface area (TPSA) is 93.1 Å². The van der Waals surface area contributed by atoms with E-state index in [-0.39, 0.29) is 10.5 Å². The summed E-state index contributed by atoms with van der Waals surface area (Å²) in [6.07, 6.45) is 5.19. The van der Waals surface area contributed by atoms with Gasteiger partial charge in [-0.2, -0.15) is 0 Å². The van der Waals surface area contributed by atoms with Gasteiger partial charge in [-0.3, -0.25) is 9.52 Å². The largest absolute Gasteiger partial charge is 0.322 e. The van der Waals surface area contributed by atoms with Gasteiger partial charge in [0.25, 0.3) is 15.9 Å². The molecule has 4 aromatic rings. The molecule has 31 heavy (non-hydrogen) atoms. The first-order valence-corrected chi connectivity index (χ1v) is 11.5. The zero-order chi connectivity index (χ0) is 21.8. The van der Waals surface area contributed by atoms with Gasteiger partial charge < -0.3 is 9.88 Å². The molecule has 0 spiro atoms. The highest BCUT2D eigenvalue weighted by atomic mass is 79.9. The lowest BCUT2D eigenvalue weighted by atomic mass is 10.2. The van der Waals surface area contributed by atoms with Gasteiger partial charge in [0, 0.05) is 39.5 Å². The SMILES string of the molecule is O=C(Nc1ccc(-n2ccnc2)cc1)c1cccc(S(=O)(=O)Nc2ccc(Br)cc2)c1. The standard InChI is InChI=1S/C22H17BrN4O3S/c23-17-4-6-19(7-5-17)26-31(29,30)21-3-1-2-16(14-21)22(28)25-18-8-10-20(11-9-18)27-13-12-24-15-27/h1-15,26H,(H,25,28). The van der Waals surface area contributed by atoms with Gasteiger partial charge in [0.05, 0.1) is 11.2 Å². The number of amides is 1. The van der Waals surface area contributed by atoms with Crippen LogP contribution in [0.4, 0.5) is 11.4 Å². The van der Waals surface area contributed by atoms with Crippen LogP contribution in [0.5, 0.6) is 0 Å². The normalized spacial score (nSPS) is 11.1. The van der Waals surface area contributed by atoms with Crippen molar-refractivity contribution >= 4 is 43.2 Å². The Morgan fingerprint density at radius 2 is 1.65 bits per heavy atom. The molecule has 0 saturated heterocycles. The number of hydrogen-bond donors (Lipinski definition) is 2. The number of nitrogens with one attached hydrogen (secondary N) is 2. The minimum absolute atomic E-state index is 0.00137. The maximum Gasteiger partial charge on any atom is 0.261 e. The van der Waals surface area contributed by atoms with Crippen LogP contribution in [0.25, 0.3) is 5.69 Å². The summed E-state index contributed by atoms with van der Waals surface area (Å²) in [6.45, 7) is 0. The van der Waals surface area contributed by atoms with E-state index < -0.39 is 15.9 Å². The molecule has 1 amide bonds. The molecular formula is C22H17BrN4O3S. The zero-order valence-electron chi connectivity index (χ0n) is 16.1. The van der Waals surface area contributed by atoms with E-state index in [1.807, 2.05) is 22.9 Å². The van der Waals surface area contributed by atoms with Crippen LogP contribution in [0.1, 0.15) is 10.4 Å². The lowest BCUT2D eigenvalue weighted by molar-refractivity contribution is 0.102. The Hall–Kier alpha value is -3.43. The highest BCUT2D eigenvalue weighted by Crippen LogP contribution is 2.20. The molecule has 0 aliphatic carbocycles. The van der Waals surface area contributed by atoms with Crippen molar-refractivity contribution in [1.29, 1.82) is 0 Å². The van der Waals surface area contributed by atoms with Crippen molar-refractivity contribution in [2.24, 2.45) is 0 Å². The third-order valence-corrected chi connectivity index (χ3v) is 6.34.